The zero-order chi connectivity index (χ0) is 13.8. The summed E-state index contributed by atoms with van der Waals surface area (Å²) in [5.41, 5.74) is 7.64. The molecule has 0 bridgehead atoms. The zero-order valence-electron chi connectivity index (χ0n) is 10.7. The summed E-state index contributed by atoms with van der Waals surface area (Å²) in [6.45, 7) is 4.54. The molecular weight excluding hydrogens is 282 g/mol. The third kappa shape index (κ3) is 3.57. The molecule has 0 amide bonds. The molecule has 0 aromatic heterocycles. The number of benzene rings is 1. The quantitative estimate of drug-likeness (QED) is 0.815. The molecule has 0 aliphatic carbocycles. The molecule has 1 fully saturated rings. The van der Waals surface area contributed by atoms with Gasteiger partial charge in [-0.15, -0.1) is 0 Å². The van der Waals surface area contributed by atoms with E-state index in [1.165, 1.54) is 0 Å². The maximum absolute atomic E-state index is 8.95. The molecule has 2 rings (SSSR count). The van der Waals surface area contributed by atoms with E-state index in [0.717, 1.165) is 44.0 Å². The predicted octanol–water partition coefficient (Wildman–Crippen LogP) is 1.09. The monoisotopic (exact) mass is 299 g/mol. The van der Waals surface area contributed by atoms with Crippen LogP contribution in [0.15, 0.2) is 18.2 Å². The number of aliphatic hydroxyl groups excluding tert-OH is 1. The normalized spacial score (nSPS) is 16.6. The van der Waals surface area contributed by atoms with Crippen LogP contribution in [0.5, 0.6) is 0 Å². The van der Waals surface area contributed by atoms with E-state index >= 15 is 0 Å². The van der Waals surface area contributed by atoms with Crippen molar-refractivity contribution in [3.05, 3.63) is 28.8 Å². The molecule has 0 spiro atoms. The Hall–Kier alpha value is -0.880. The molecule has 0 atom stereocenters. The van der Waals surface area contributed by atoms with Gasteiger partial charge in [-0.05, 0) is 18.2 Å². The fraction of sp³-hybridized carbons (Fsp3) is 0.462. The largest absolute Gasteiger partial charge is 0.395 e. The van der Waals surface area contributed by atoms with Gasteiger partial charge in [-0.3, -0.25) is 4.90 Å². The SMILES string of the molecule is NC(=S)c1ccc(Cl)cc1N1CCN(CCO)CC1. The van der Waals surface area contributed by atoms with Crippen molar-refractivity contribution in [1.82, 2.24) is 4.90 Å². The van der Waals surface area contributed by atoms with Crippen LogP contribution >= 0.6 is 23.8 Å². The smallest absolute Gasteiger partial charge is 0.106 e. The molecule has 1 aliphatic rings. The Morgan fingerprint density at radius 2 is 2.00 bits per heavy atom. The second-order valence-electron chi connectivity index (χ2n) is 4.58. The van der Waals surface area contributed by atoms with E-state index in [9.17, 15) is 0 Å². The molecule has 6 heteroatoms. The first-order chi connectivity index (χ1) is 9.11. The molecule has 1 aliphatic heterocycles. The molecule has 3 N–H and O–H groups in total. The van der Waals surface area contributed by atoms with Crippen LogP contribution in [0, 0.1) is 0 Å². The summed E-state index contributed by atoms with van der Waals surface area (Å²) < 4.78 is 0. The van der Waals surface area contributed by atoms with Crippen LogP contribution < -0.4 is 10.6 Å². The third-order valence-electron chi connectivity index (χ3n) is 3.35. The molecule has 0 unspecified atom stereocenters. The molecule has 4 nitrogen and oxygen atoms in total. The van der Waals surface area contributed by atoms with Crippen LogP contribution in [0.1, 0.15) is 5.56 Å². The van der Waals surface area contributed by atoms with Crippen LogP contribution in [0.3, 0.4) is 0 Å². The average molecular weight is 300 g/mol. The number of anilines is 1. The van der Waals surface area contributed by atoms with E-state index in [1.54, 1.807) is 0 Å². The number of piperazine rings is 1. The standard InChI is InChI=1S/C13H18ClN3OS/c14-10-1-2-11(13(15)19)12(9-10)17-5-3-16(4-6-17)7-8-18/h1-2,9,18H,3-8H2,(H2,15,19). The fourth-order valence-electron chi connectivity index (χ4n) is 2.33. The molecule has 1 aromatic carbocycles. The molecule has 0 radical (unpaired) electrons. The lowest BCUT2D eigenvalue weighted by atomic mass is 10.1. The van der Waals surface area contributed by atoms with Crippen molar-refractivity contribution in [3.63, 3.8) is 0 Å². The van der Waals surface area contributed by atoms with Gasteiger partial charge in [-0.2, -0.15) is 0 Å². The summed E-state index contributed by atoms with van der Waals surface area (Å²) in [5.74, 6) is 0. The first-order valence-electron chi connectivity index (χ1n) is 6.29. The summed E-state index contributed by atoms with van der Waals surface area (Å²) in [4.78, 5) is 4.87. The molecular formula is C13H18ClN3OS. The van der Waals surface area contributed by atoms with Crippen LogP contribution in [-0.4, -0.2) is 54.3 Å². The van der Waals surface area contributed by atoms with E-state index in [-0.39, 0.29) is 6.61 Å². The van der Waals surface area contributed by atoms with E-state index in [2.05, 4.69) is 9.80 Å². The first kappa shape index (κ1) is 14.5. The lowest BCUT2D eigenvalue weighted by Crippen LogP contribution is -2.47. The minimum atomic E-state index is 0.204. The minimum Gasteiger partial charge on any atom is -0.395 e. The highest BCUT2D eigenvalue weighted by Gasteiger charge is 2.19. The van der Waals surface area contributed by atoms with Crippen molar-refractivity contribution in [2.24, 2.45) is 5.73 Å². The number of β-amino-alcohol motifs (C(OH)–C–C–N with tert-alkyl or cyclic N) is 1. The Kier molecular flexibility index (Phi) is 4.99. The van der Waals surface area contributed by atoms with E-state index < -0.39 is 0 Å². The van der Waals surface area contributed by atoms with Gasteiger partial charge >= 0.3 is 0 Å². The summed E-state index contributed by atoms with van der Waals surface area (Å²) in [5, 5.41) is 9.64. The predicted molar refractivity (Wildman–Crippen MR) is 83.1 cm³/mol. The summed E-state index contributed by atoms with van der Waals surface area (Å²) in [6, 6.07) is 5.60. The number of nitrogens with two attached hydrogens (primary N) is 1. The molecule has 0 saturated carbocycles. The number of hydrogen-bond acceptors (Lipinski definition) is 4. The number of thiocarbonyl (C=S) groups is 1. The highest BCUT2D eigenvalue weighted by atomic mass is 35.5. The van der Waals surface area contributed by atoms with Gasteiger partial charge < -0.3 is 15.7 Å². The van der Waals surface area contributed by atoms with Gasteiger partial charge in [0.05, 0.1) is 6.61 Å². The van der Waals surface area contributed by atoms with Gasteiger partial charge in [0.15, 0.2) is 0 Å². The first-order valence-corrected chi connectivity index (χ1v) is 7.08. The van der Waals surface area contributed by atoms with Gasteiger partial charge in [-0.1, -0.05) is 23.8 Å². The van der Waals surface area contributed by atoms with Gasteiger partial charge in [0.1, 0.15) is 4.99 Å². The van der Waals surface area contributed by atoms with Crippen molar-refractivity contribution in [1.29, 1.82) is 0 Å². The topological polar surface area (TPSA) is 52.7 Å². The van der Waals surface area contributed by atoms with Crippen LogP contribution in [0.4, 0.5) is 5.69 Å². The van der Waals surface area contributed by atoms with Gasteiger partial charge in [0.2, 0.25) is 0 Å². The maximum atomic E-state index is 8.95. The minimum absolute atomic E-state index is 0.204. The van der Waals surface area contributed by atoms with Crippen molar-refractivity contribution in [2.75, 3.05) is 44.2 Å². The van der Waals surface area contributed by atoms with Crippen molar-refractivity contribution < 1.29 is 5.11 Å². The fourth-order valence-corrected chi connectivity index (χ4v) is 2.67. The van der Waals surface area contributed by atoms with Gasteiger partial charge in [-0.25, -0.2) is 0 Å². The third-order valence-corrected chi connectivity index (χ3v) is 3.81. The van der Waals surface area contributed by atoms with Gasteiger partial charge in [0, 0.05) is 49.0 Å². The van der Waals surface area contributed by atoms with Crippen LogP contribution in [0.25, 0.3) is 0 Å². The van der Waals surface area contributed by atoms with E-state index in [1.807, 2.05) is 18.2 Å². The van der Waals surface area contributed by atoms with Crippen LogP contribution in [0.2, 0.25) is 5.02 Å². The molecule has 19 heavy (non-hydrogen) atoms. The highest BCUT2D eigenvalue weighted by molar-refractivity contribution is 7.80. The maximum Gasteiger partial charge on any atom is 0.106 e. The Morgan fingerprint density at radius 3 is 2.58 bits per heavy atom. The second kappa shape index (κ2) is 6.52. The Morgan fingerprint density at radius 1 is 1.32 bits per heavy atom. The molecule has 104 valence electrons. The lowest BCUT2D eigenvalue weighted by Gasteiger charge is -2.36. The molecule has 1 saturated heterocycles. The molecule has 1 aromatic rings. The number of hydrogen-bond donors (Lipinski definition) is 2. The summed E-state index contributed by atoms with van der Waals surface area (Å²) >= 11 is 11.2. The summed E-state index contributed by atoms with van der Waals surface area (Å²) in [6.07, 6.45) is 0. The number of aliphatic hydroxyl groups is 1. The second-order valence-corrected chi connectivity index (χ2v) is 5.45. The Balaban J connectivity index is 2.14. The summed E-state index contributed by atoms with van der Waals surface area (Å²) in [7, 11) is 0. The highest BCUT2D eigenvalue weighted by Crippen LogP contribution is 2.26. The zero-order valence-corrected chi connectivity index (χ0v) is 12.3. The van der Waals surface area contributed by atoms with Crippen LogP contribution in [-0.2, 0) is 0 Å². The van der Waals surface area contributed by atoms with Gasteiger partial charge in [0.25, 0.3) is 0 Å². The van der Waals surface area contributed by atoms with Crippen molar-refractivity contribution in [2.45, 2.75) is 0 Å². The molecule has 1 heterocycles. The van der Waals surface area contributed by atoms with Crippen molar-refractivity contribution in [3.8, 4) is 0 Å². The number of halogens is 1. The number of rotatable bonds is 4. The van der Waals surface area contributed by atoms with Crippen molar-refractivity contribution >= 4 is 34.5 Å². The average Bonchev–Trinajstić information content (AvgIpc) is 2.39. The van der Waals surface area contributed by atoms with E-state index in [4.69, 9.17) is 34.7 Å². The Labute approximate surface area is 123 Å². The Bertz CT molecular complexity index is 461. The van der Waals surface area contributed by atoms with E-state index in [0.29, 0.717) is 10.0 Å². The number of nitrogens with zero attached hydrogens (tertiary/aromatic N) is 2. The lowest BCUT2D eigenvalue weighted by molar-refractivity contribution is 0.189.